The molecular weight excluding hydrogens is 315 g/mol. The van der Waals surface area contributed by atoms with E-state index < -0.39 is 0 Å². The Bertz CT molecular complexity index is 230. The zero-order valence-corrected chi connectivity index (χ0v) is 13.7. The highest BCUT2D eigenvalue weighted by Crippen LogP contribution is 2.18. The average Bonchev–Trinajstić information content (AvgIpc) is 2.23. The van der Waals surface area contributed by atoms with Gasteiger partial charge in [0, 0.05) is 19.1 Å². The maximum Gasteiger partial charge on any atom is 0.359 e. The molecule has 0 aromatic carbocycles. The molecule has 0 fully saturated rings. The van der Waals surface area contributed by atoms with Crippen molar-refractivity contribution in [2.24, 2.45) is 5.73 Å². The van der Waals surface area contributed by atoms with E-state index in [9.17, 15) is 0 Å². The Labute approximate surface area is 129 Å². The summed E-state index contributed by atoms with van der Waals surface area (Å²) >= 11 is 0. The highest BCUT2D eigenvalue weighted by Gasteiger charge is 1.97. The van der Waals surface area contributed by atoms with E-state index in [1.165, 1.54) is 0 Å². The van der Waals surface area contributed by atoms with Gasteiger partial charge < -0.3 is 30.1 Å². The Hall–Kier alpha value is 0.140. The molecule has 18 heavy (non-hydrogen) atoms. The van der Waals surface area contributed by atoms with Crippen LogP contribution in [0, 0.1) is 0 Å². The van der Waals surface area contributed by atoms with E-state index in [-0.39, 0.29) is 24.8 Å². The number of hydrogen-bond donors (Lipinski definition) is 6. The minimum absolute atomic E-state index is 0. The fourth-order valence-corrected chi connectivity index (χ4v) is 2.53. The van der Waals surface area contributed by atoms with Gasteiger partial charge in [-0.1, -0.05) is 21.6 Å². The van der Waals surface area contributed by atoms with Gasteiger partial charge in [-0.3, -0.25) is 16.1 Å². The molecule has 0 bridgehead atoms. The number of hydrogen-bond acceptors (Lipinski definition) is 4. The molecule has 0 rings (SSSR count). The fourth-order valence-electron chi connectivity index (χ4n) is 0.682. The second-order valence-corrected chi connectivity index (χ2v) is 5.69. The number of hydrazine groups is 1. The molecule has 0 unspecified atom stereocenters. The van der Waals surface area contributed by atoms with Crippen molar-refractivity contribution in [3.63, 3.8) is 0 Å². The van der Waals surface area contributed by atoms with Gasteiger partial charge in [-0.05, 0) is 7.05 Å². The lowest BCUT2D eigenvalue weighted by Crippen LogP contribution is -3.00. The van der Waals surface area contributed by atoms with Gasteiger partial charge in [-0.2, -0.15) is 5.43 Å². The van der Waals surface area contributed by atoms with Crippen LogP contribution in [0.25, 0.3) is 0 Å². The lowest BCUT2D eigenvalue weighted by molar-refractivity contribution is -0.435. The largest absolute Gasteiger partial charge is 1.00 e. The van der Waals surface area contributed by atoms with Gasteiger partial charge in [0.2, 0.25) is 0 Å². The van der Waals surface area contributed by atoms with Crippen molar-refractivity contribution in [3.05, 3.63) is 0 Å². The first-order chi connectivity index (χ1) is 7.66. The van der Waals surface area contributed by atoms with E-state index in [4.69, 9.17) is 11.1 Å². The number of guanidine groups is 1. The molecule has 0 radical (unpaired) electrons. The molecule has 0 spiro atoms. The molecule has 110 valence electrons. The molecule has 8 N–H and O–H groups in total. The molecule has 6 nitrogen and oxygen atoms in total. The standard InChI is InChI=1S/C8H20N6S2.2ClH/c1-7(9)3-4-15-16-6-12-8(10)14-13-5-11-2;;/h9,11,13H,3-6H2,1-2H3,(H3,10,12,14);2*1H. The number of rotatable bonds is 9. The highest BCUT2D eigenvalue weighted by atomic mass is 35.5. The van der Waals surface area contributed by atoms with Gasteiger partial charge in [0.05, 0.1) is 6.67 Å². The van der Waals surface area contributed by atoms with Crippen LogP contribution in [0.4, 0.5) is 0 Å². The van der Waals surface area contributed by atoms with E-state index in [1.807, 2.05) is 14.0 Å². The second-order valence-electron chi connectivity index (χ2n) is 3.10. The van der Waals surface area contributed by atoms with Crippen LogP contribution in [-0.2, 0) is 0 Å². The van der Waals surface area contributed by atoms with Crippen molar-refractivity contribution >= 4 is 33.3 Å². The summed E-state index contributed by atoms with van der Waals surface area (Å²) in [6, 6.07) is 0. The Morgan fingerprint density at radius 2 is 2.00 bits per heavy atom. The predicted octanol–water partition coefficient (Wildman–Crippen LogP) is -9.39. The second kappa shape index (κ2) is 17.1. The zero-order valence-electron chi connectivity index (χ0n) is 10.6. The topological polar surface area (TPSA) is 102 Å². The van der Waals surface area contributed by atoms with Gasteiger partial charge in [0.25, 0.3) is 0 Å². The summed E-state index contributed by atoms with van der Waals surface area (Å²) in [6.45, 7) is 2.59. The number of halogens is 2. The molecule has 0 aliphatic carbocycles. The summed E-state index contributed by atoms with van der Waals surface area (Å²) in [4.78, 5) is 3.03. The zero-order chi connectivity index (χ0) is 12.2. The highest BCUT2D eigenvalue weighted by molar-refractivity contribution is 8.76. The molecule has 0 aliphatic rings. The SMILES string of the molecule is CNCNNC(N)=[NH+]CSSCCC(C)=[NH2+].[Cl-].[Cl-]. The Kier molecular flexibility index (Phi) is 22.1. The van der Waals surface area contributed by atoms with Crippen molar-refractivity contribution in [2.45, 2.75) is 13.3 Å². The first-order valence-electron chi connectivity index (χ1n) is 4.99. The summed E-state index contributed by atoms with van der Waals surface area (Å²) in [5.74, 6) is 2.30. The van der Waals surface area contributed by atoms with Crippen LogP contribution in [0.1, 0.15) is 13.3 Å². The molecule has 0 aromatic rings. The van der Waals surface area contributed by atoms with E-state index in [1.54, 1.807) is 21.6 Å². The van der Waals surface area contributed by atoms with Crippen LogP contribution in [-0.4, -0.2) is 37.0 Å². The minimum Gasteiger partial charge on any atom is -1.00 e. The summed E-state index contributed by atoms with van der Waals surface area (Å²) in [5.41, 5.74) is 12.3. The van der Waals surface area contributed by atoms with E-state index in [0.717, 1.165) is 23.8 Å². The summed E-state index contributed by atoms with van der Waals surface area (Å²) in [5, 5.41) is 8.48. The summed E-state index contributed by atoms with van der Waals surface area (Å²) in [6.07, 6.45) is 0.957. The van der Waals surface area contributed by atoms with Crippen molar-refractivity contribution in [3.8, 4) is 0 Å². The van der Waals surface area contributed by atoms with Gasteiger partial charge in [0.1, 0.15) is 11.6 Å². The monoisotopic (exact) mass is 336 g/mol. The predicted molar refractivity (Wildman–Crippen MR) is 72.5 cm³/mol. The van der Waals surface area contributed by atoms with E-state index in [2.05, 4.69) is 21.2 Å². The third-order valence-electron chi connectivity index (χ3n) is 1.47. The molecule has 0 amide bonds. The van der Waals surface area contributed by atoms with Crippen LogP contribution >= 0.6 is 21.6 Å². The molecule has 10 heteroatoms. The van der Waals surface area contributed by atoms with E-state index >= 15 is 0 Å². The first-order valence-corrected chi connectivity index (χ1v) is 7.47. The summed E-state index contributed by atoms with van der Waals surface area (Å²) < 4.78 is 0. The van der Waals surface area contributed by atoms with Gasteiger partial charge in [-0.15, -0.1) is 0 Å². The first kappa shape index (κ1) is 23.2. The number of nitrogens with two attached hydrogens (primary N) is 2. The smallest absolute Gasteiger partial charge is 0.359 e. The van der Waals surface area contributed by atoms with Crippen LogP contribution in [0.2, 0.25) is 0 Å². The molecular formula is C8H22Cl2N6S2. The minimum atomic E-state index is 0. The lowest BCUT2D eigenvalue weighted by Gasteiger charge is -2.00. The van der Waals surface area contributed by atoms with Crippen molar-refractivity contribution in [1.82, 2.24) is 16.2 Å². The number of nitrogens with one attached hydrogen (secondary N) is 4. The van der Waals surface area contributed by atoms with Gasteiger partial charge >= 0.3 is 5.96 Å². The van der Waals surface area contributed by atoms with Gasteiger partial charge in [0.15, 0.2) is 0 Å². The maximum atomic E-state index is 5.63. The Morgan fingerprint density at radius 1 is 1.33 bits per heavy atom. The summed E-state index contributed by atoms with van der Waals surface area (Å²) in [7, 11) is 5.34. The van der Waals surface area contributed by atoms with Crippen LogP contribution in [0.5, 0.6) is 0 Å². The normalized spacial score (nSPS) is 10.2. The lowest BCUT2D eigenvalue weighted by atomic mass is 10.3. The molecule has 0 aromatic heterocycles. The molecule has 0 aliphatic heterocycles. The third kappa shape index (κ3) is 18.5. The van der Waals surface area contributed by atoms with Crippen LogP contribution in [0.3, 0.4) is 0 Å². The van der Waals surface area contributed by atoms with Crippen LogP contribution < -0.4 is 57.1 Å². The molecule has 0 heterocycles. The third-order valence-corrected chi connectivity index (χ3v) is 3.63. The fraction of sp³-hybridized carbons (Fsp3) is 0.750. The van der Waals surface area contributed by atoms with Crippen molar-refractivity contribution in [1.29, 1.82) is 0 Å². The Morgan fingerprint density at radius 3 is 2.56 bits per heavy atom. The van der Waals surface area contributed by atoms with Crippen LogP contribution in [0.15, 0.2) is 0 Å². The molecule has 0 saturated heterocycles. The Balaban J connectivity index is -0.00000112. The quantitative estimate of drug-likeness (QED) is 0.0624. The van der Waals surface area contributed by atoms with Gasteiger partial charge in [-0.25, -0.2) is 5.43 Å². The molecule has 0 atom stereocenters. The van der Waals surface area contributed by atoms with Crippen molar-refractivity contribution < 1.29 is 35.2 Å². The van der Waals surface area contributed by atoms with E-state index in [0.29, 0.717) is 12.6 Å². The van der Waals surface area contributed by atoms with Crippen molar-refractivity contribution in [2.75, 3.05) is 25.3 Å². The maximum absolute atomic E-state index is 5.63. The molecule has 0 saturated carbocycles. The average molecular weight is 337 g/mol.